The van der Waals surface area contributed by atoms with Gasteiger partial charge in [0.1, 0.15) is 11.4 Å². The van der Waals surface area contributed by atoms with Crippen LogP contribution in [0.15, 0.2) is 42.5 Å². The van der Waals surface area contributed by atoms with Crippen LogP contribution in [0.1, 0.15) is 42.5 Å². The van der Waals surface area contributed by atoms with Crippen LogP contribution in [-0.4, -0.2) is 67.2 Å². The Morgan fingerprint density at radius 1 is 1.15 bits per heavy atom. The van der Waals surface area contributed by atoms with Gasteiger partial charge in [0, 0.05) is 37.3 Å². The molecule has 1 aromatic heterocycles. The summed E-state index contributed by atoms with van der Waals surface area (Å²) >= 11 is 0. The molecule has 13 heteroatoms. The van der Waals surface area contributed by atoms with E-state index < -0.39 is 40.4 Å². The van der Waals surface area contributed by atoms with Crippen LogP contribution in [0.2, 0.25) is 0 Å². The highest BCUT2D eigenvalue weighted by atomic mass is 16.6. The van der Waals surface area contributed by atoms with Crippen molar-refractivity contribution < 1.29 is 29.3 Å². The minimum absolute atomic E-state index is 0.0262. The van der Waals surface area contributed by atoms with Crippen molar-refractivity contribution in [3.05, 3.63) is 69.5 Å². The number of non-ortho nitro benzene ring substituents is 1. The minimum Gasteiger partial charge on any atom is -0.444 e. The number of ether oxygens (including phenoxy) is 1. The first-order chi connectivity index (χ1) is 18.4. The number of imidazole rings is 1. The molecular formula is C26H30N6O7. The van der Waals surface area contributed by atoms with Crippen LogP contribution in [-0.2, 0) is 16.1 Å². The number of rotatable bonds is 6. The molecule has 13 nitrogen and oxygen atoms in total. The summed E-state index contributed by atoms with van der Waals surface area (Å²) in [6.07, 6.45) is -0.619. The topological polar surface area (TPSA) is 169 Å². The van der Waals surface area contributed by atoms with Gasteiger partial charge in [-0.05, 0) is 51.5 Å². The van der Waals surface area contributed by atoms with Gasteiger partial charge < -0.3 is 19.5 Å². The highest BCUT2D eigenvalue weighted by Gasteiger charge is 2.42. The Hall–Kier alpha value is -4.52. The molecule has 39 heavy (non-hydrogen) atoms. The van der Waals surface area contributed by atoms with Gasteiger partial charge in [0.25, 0.3) is 11.6 Å². The monoisotopic (exact) mass is 538 g/mol. The number of amides is 3. The molecular weight excluding hydrogens is 508 g/mol. The lowest BCUT2D eigenvalue weighted by atomic mass is 10.0. The molecule has 1 fully saturated rings. The van der Waals surface area contributed by atoms with Crippen molar-refractivity contribution in [1.82, 2.24) is 25.2 Å². The summed E-state index contributed by atoms with van der Waals surface area (Å²) in [7, 11) is 0. The number of aryl methyl sites for hydroxylation is 1. The second kappa shape index (κ2) is 10.7. The largest absolute Gasteiger partial charge is 0.444 e. The maximum Gasteiger partial charge on any atom is 0.410 e. The van der Waals surface area contributed by atoms with E-state index in [4.69, 9.17) is 9.94 Å². The summed E-state index contributed by atoms with van der Waals surface area (Å²) in [6.45, 7) is 7.39. The Balaban J connectivity index is 1.47. The van der Waals surface area contributed by atoms with E-state index in [0.29, 0.717) is 29.0 Å². The van der Waals surface area contributed by atoms with E-state index in [0.717, 1.165) is 5.56 Å². The fourth-order valence-electron chi connectivity index (χ4n) is 4.51. The summed E-state index contributed by atoms with van der Waals surface area (Å²) in [5.41, 5.74) is 3.30. The maximum absolute atomic E-state index is 13.0. The molecule has 3 N–H and O–H groups in total. The number of aromatic nitrogens is 2. The number of hydrogen-bond acceptors (Lipinski definition) is 8. The number of carbonyl (C=O) groups excluding carboxylic acids is 3. The first kappa shape index (κ1) is 27.5. The van der Waals surface area contributed by atoms with Gasteiger partial charge in [0.05, 0.1) is 27.9 Å². The summed E-state index contributed by atoms with van der Waals surface area (Å²) in [4.78, 5) is 54.3. The Bertz CT molecular complexity index is 1430. The van der Waals surface area contributed by atoms with Crippen LogP contribution in [0, 0.1) is 23.0 Å². The van der Waals surface area contributed by atoms with Crippen LogP contribution < -0.4 is 10.8 Å². The molecule has 1 saturated heterocycles. The normalized spacial score (nSPS) is 17.2. The molecule has 0 spiro atoms. The van der Waals surface area contributed by atoms with Crippen molar-refractivity contribution in [2.45, 2.75) is 45.9 Å². The Morgan fingerprint density at radius 3 is 2.46 bits per heavy atom. The van der Waals surface area contributed by atoms with Gasteiger partial charge in [-0.15, -0.1) is 0 Å². The van der Waals surface area contributed by atoms with Crippen LogP contribution >= 0.6 is 0 Å². The molecule has 1 aliphatic heterocycles. The van der Waals surface area contributed by atoms with Crippen LogP contribution in [0.25, 0.3) is 11.0 Å². The van der Waals surface area contributed by atoms with Gasteiger partial charge in [-0.3, -0.25) is 24.9 Å². The smallest absolute Gasteiger partial charge is 0.410 e. The van der Waals surface area contributed by atoms with E-state index in [1.807, 2.05) is 11.5 Å². The number of nitro groups is 1. The Kier molecular flexibility index (Phi) is 7.54. The predicted molar refractivity (Wildman–Crippen MR) is 139 cm³/mol. The molecule has 2 heterocycles. The summed E-state index contributed by atoms with van der Waals surface area (Å²) in [5, 5.41) is 23.1. The third kappa shape index (κ3) is 6.14. The summed E-state index contributed by atoms with van der Waals surface area (Å²) in [5.74, 6) is -1.35. The van der Waals surface area contributed by atoms with Crippen molar-refractivity contribution in [3.63, 3.8) is 0 Å². The number of hydrogen-bond donors (Lipinski definition) is 3. The van der Waals surface area contributed by atoms with Crippen LogP contribution in [0.5, 0.6) is 0 Å². The van der Waals surface area contributed by atoms with Gasteiger partial charge in [0.15, 0.2) is 0 Å². The number of benzene rings is 2. The van der Waals surface area contributed by atoms with E-state index in [-0.39, 0.29) is 18.8 Å². The quantitative estimate of drug-likeness (QED) is 0.244. The number of fused-ring (bicyclic) bond motifs is 1. The van der Waals surface area contributed by atoms with Crippen LogP contribution in [0.4, 0.5) is 10.5 Å². The van der Waals surface area contributed by atoms with Gasteiger partial charge in [-0.25, -0.2) is 15.3 Å². The second-order valence-corrected chi connectivity index (χ2v) is 10.4. The third-order valence-corrected chi connectivity index (χ3v) is 6.43. The SMILES string of the molecule is Cc1nc2ccc([N+](=O)[O-])cc2n1Cc1ccc(C(=O)N[C@@H]2CN(C(=O)OC(C)(C)C)C[C@@H]2C(=O)NO)cc1. The number of nitrogens with zero attached hydrogens (tertiary/aromatic N) is 4. The zero-order valence-corrected chi connectivity index (χ0v) is 22.0. The molecule has 2 atom stereocenters. The number of likely N-dealkylation sites (tertiary alicyclic amines) is 1. The highest BCUT2D eigenvalue weighted by Crippen LogP contribution is 2.24. The molecule has 0 unspecified atom stereocenters. The molecule has 3 amide bonds. The predicted octanol–water partition coefficient (Wildman–Crippen LogP) is 2.77. The fourth-order valence-corrected chi connectivity index (χ4v) is 4.51. The highest BCUT2D eigenvalue weighted by molar-refractivity contribution is 5.95. The molecule has 206 valence electrons. The average molecular weight is 539 g/mol. The standard InChI is InChI=1S/C26H30N6O7/c1-15-27-20-10-9-18(32(37)38)11-22(20)31(15)12-16-5-7-17(8-6-16)23(33)28-21-14-30(13-19(21)24(34)29-36)25(35)39-26(2,3)4/h5-11,19,21,36H,12-14H2,1-4H3,(H,28,33)(H,29,34)/t19-,21+/m0/s1. The van der Waals surface area contributed by atoms with Crippen molar-refractivity contribution in [2.75, 3.05) is 13.1 Å². The average Bonchev–Trinajstić information content (AvgIpc) is 3.43. The molecule has 1 aliphatic rings. The molecule has 2 aromatic carbocycles. The minimum atomic E-state index is -0.868. The third-order valence-electron chi connectivity index (χ3n) is 6.43. The molecule has 4 rings (SSSR count). The van der Waals surface area contributed by atoms with Crippen molar-refractivity contribution in [3.8, 4) is 0 Å². The zero-order chi connectivity index (χ0) is 28.5. The lowest BCUT2D eigenvalue weighted by Gasteiger charge is -2.24. The van der Waals surface area contributed by atoms with E-state index in [1.54, 1.807) is 56.6 Å². The van der Waals surface area contributed by atoms with Gasteiger partial charge in [-0.2, -0.15) is 0 Å². The summed E-state index contributed by atoms with van der Waals surface area (Å²) < 4.78 is 7.23. The van der Waals surface area contributed by atoms with Crippen molar-refractivity contribution >= 4 is 34.6 Å². The van der Waals surface area contributed by atoms with Gasteiger partial charge in [0.2, 0.25) is 5.91 Å². The lowest BCUT2D eigenvalue weighted by Crippen LogP contribution is -2.45. The number of nitro benzene ring substituents is 1. The number of carbonyl (C=O) groups is 3. The van der Waals surface area contributed by atoms with Gasteiger partial charge >= 0.3 is 6.09 Å². The summed E-state index contributed by atoms with van der Waals surface area (Å²) in [6, 6.07) is 10.5. The molecule has 0 aliphatic carbocycles. The van der Waals surface area contributed by atoms with Crippen molar-refractivity contribution in [1.29, 1.82) is 0 Å². The molecule has 0 bridgehead atoms. The van der Waals surface area contributed by atoms with Crippen LogP contribution in [0.3, 0.4) is 0 Å². The van der Waals surface area contributed by atoms with E-state index in [2.05, 4.69) is 10.3 Å². The van der Waals surface area contributed by atoms with Gasteiger partial charge in [-0.1, -0.05) is 12.1 Å². The number of nitrogens with one attached hydrogen (secondary N) is 2. The first-order valence-electron chi connectivity index (χ1n) is 12.3. The fraction of sp³-hybridized carbons (Fsp3) is 0.385. The maximum atomic E-state index is 13.0. The van der Waals surface area contributed by atoms with E-state index in [1.165, 1.54) is 17.0 Å². The first-order valence-corrected chi connectivity index (χ1v) is 12.3. The molecule has 0 saturated carbocycles. The zero-order valence-electron chi connectivity index (χ0n) is 22.0. The number of hydroxylamine groups is 1. The Labute approximate surface area is 223 Å². The molecule has 3 aromatic rings. The Morgan fingerprint density at radius 2 is 1.85 bits per heavy atom. The van der Waals surface area contributed by atoms with E-state index >= 15 is 0 Å². The molecule has 0 radical (unpaired) electrons. The van der Waals surface area contributed by atoms with E-state index in [9.17, 15) is 24.5 Å². The van der Waals surface area contributed by atoms with Crippen molar-refractivity contribution in [2.24, 2.45) is 5.92 Å². The second-order valence-electron chi connectivity index (χ2n) is 10.4. The lowest BCUT2D eigenvalue weighted by molar-refractivity contribution is -0.384.